The van der Waals surface area contributed by atoms with Crippen molar-refractivity contribution in [3.05, 3.63) is 104 Å². The van der Waals surface area contributed by atoms with Gasteiger partial charge in [-0.15, -0.1) is 11.3 Å². The lowest BCUT2D eigenvalue weighted by Gasteiger charge is -2.06. The van der Waals surface area contributed by atoms with Crippen LogP contribution in [-0.4, -0.2) is 29.5 Å². The van der Waals surface area contributed by atoms with Crippen molar-refractivity contribution >= 4 is 55.6 Å². The van der Waals surface area contributed by atoms with E-state index < -0.39 is 10.0 Å². The Morgan fingerprint density at radius 1 is 1.00 bits per heavy atom. The van der Waals surface area contributed by atoms with Crippen LogP contribution in [0.1, 0.15) is 20.9 Å². The van der Waals surface area contributed by atoms with Gasteiger partial charge in [0, 0.05) is 46.2 Å². The first kappa shape index (κ1) is 24.8. The lowest BCUT2D eigenvalue weighted by molar-refractivity contribution is 0.397. The molecule has 5 aromatic rings. The van der Waals surface area contributed by atoms with Gasteiger partial charge in [-0.1, -0.05) is 47.5 Å². The third kappa shape index (κ3) is 4.99. The summed E-state index contributed by atoms with van der Waals surface area (Å²) in [4.78, 5) is 10.9. The molecule has 0 aliphatic heterocycles. The molecule has 4 aromatic heterocycles. The van der Waals surface area contributed by atoms with Crippen LogP contribution in [0.15, 0.2) is 78.1 Å². The first-order valence-corrected chi connectivity index (χ1v) is 14.1. The number of methoxy groups -OCH3 is 1. The van der Waals surface area contributed by atoms with Crippen molar-refractivity contribution < 1.29 is 13.2 Å². The highest BCUT2D eigenvalue weighted by atomic mass is 35.5. The van der Waals surface area contributed by atoms with Crippen LogP contribution in [0.25, 0.3) is 11.0 Å². The minimum atomic E-state index is -3.83. The maximum Gasteiger partial charge on any atom is 0.269 e. The van der Waals surface area contributed by atoms with Crippen LogP contribution in [0.4, 0.5) is 0 Å². The van der Waals surface area contributed by atoms with E-state index in [2.05, 4.69) is 9.97 Å². The number of nitrogens with zero attached hydrogens (tertiary/aromatic N) is 3. The second-order valence-corrected chi connectivity index (χ2v) is 12.0. The molecular weight excluding hydrogens is 537 g/mol. The van der Waals surface area contributed by atoms with Gasteiger partial charge in [0.05, 0.1) is 22.1 Å². The van der Waals surface area contributed by atoms with Crippen molar-refractivity contribution in [1.29, 1.82) is 0 Å². The summed E-state index contributed by atoms with van der Waals surface area (Å²) in [6.07, 6.45) is 6.98. The Hall–Kier alpha value is -2.91. The smallest absolute Gasteiger partial charge is 0.269 e. The largest absolute Gasteiger partial charge is 0.481 e. The van der Waals surface area contributed by atoms with E-state index >= 15 is 0 Å². The zero-order valence-electron chi connectivity index (χ0n) is 19.2. The summed E-state index contributed by atoms with van der Waals surface area (Å²) in [5.41, 5.74) is 2.23. The van der Waals surface area contributed by atoms with E-state index in [4.69, 9.17) is 27.9 Å². The summed E-state index contributed by atoms with van der Waals surface area (Å²) >= 11 is 14.5. The molecule has 0 N–H and O–H groups in total. The van der Waals surface area contributed by atoms with Gasteiger partial charge in [0.2, 0.25) is 5.88 Å². The van der Waals surface area contributed by atoms with Crippen LogP contribution in [0.2, 0.25) is 10.0 Å². The summed E-state index contributed by atoms with van der Waals surface area (Å²) in [6, 6.07) is 15.9. The second kappa shape index (κ2) is 10.2. The Morgan fingerprint density at radius 2 is 1.81 bits per heavy atom. The van der Waals surface area contributed by atoms with Crippen LogP contribution in [0, 0.1) is 0 Å². The van der Waals surface area contributed by atoms with Crippen molar-refractivity contribution in [2.24, 2.45) is 0 Å². The van der Waals surface area contributed by atoms with Gasteiger partial charge in [-0.2, -0.15) is 0 Å². The molecule has 0 aliphatic carbocycles. The third-order valence-electron chi connectivity index (χ3n) is 5.79. The highest BCUT2D eigenvalue weighted by Crippen LogP contribution is 2.34. The molecule has 0 atom stereocenters. The van der Waals surface area contributed by atoms with Gasteiger partial charge < -0.3 is 4.74 Å². The van der Waals surface area contributed by atoms with Gasteiger partial charge in [0.15, 0.2) is 5.65 Å². The van der Waals surface area contributed by atoms with Gasteiger partial charge in [-0.05, 0) is 48.2 Å². The third-order valence-corrected chi connectivity index (χ3v) is 9.30. The van der Waals surface area contributed by atoms with E-state index in [1.807, 2.05) is 24.4 Å². The lowest BCUT2D eigenvalue weighted by Crippen LogP contribution is -2.12. The number of hydrogen-bond acceptors (Lipinski definition) is 6. The predicted molar refractivity (Wildman–Crippen MR) is 144 cm³/mol. The molecule has 0 unspecified atom stereocenters. The molecule has 0 saturated heterocycles. The Morgan fingerprint density at radius 3 is 2.53 bits per heavy atom. The molecule has 0 fully saturated rings. The van der Waals surface area contributed by atoms with E-state index in [0.29, 0.717) is 33.4 Å². The molecule has 0 bridgehead atoms. The number of hydrogen-bond donors (Lipinski definition) is 0. The highest BCUT2D eigenvalue weighted by Gasteiger charge is 2.23. The van der Waals surface area contributed by atoms with Crippen LogP contribution in [-0.2, 0) is 29.3 Å². The summed E-state index contributed by atoms with van der Waals surface area (Å²) in [7, 11) is -2.24. The molecule has 0 saturated carbocycles. The highest BCUT2D eigenvalue weighted by molar-refractivity contribution is 7.90. The monoisotopic (exact) mass is 557 g/mol. The number of rotatable bonds is 8. The molecule has 1 aromatic carbocycles. The van der Waals surface area contributed by atoms with E-state index in [9.17, 15) is 8.42 Å². The van der Waals surface area contributed by atoms with Crippen LogP contribution in [0.3, 0.4) is 0 Å². The Labute approximate surface area is 223 Å². The van der Waals surface area contributed by atoms with Gasteiger partial charge in [-0.25, -0.2) is 22.4 Å². The van der Waals surface area contributed by atoms with Gasteiger partial charge in [-0.3, -0.25) is 0 Å². The maximum atomic E-state index is 13.4. The zero-order valence-corrected chi connectivity index (χ0v) is 22.3. The molecule has 5 rings (SSSR count). The molecule has 4 heterocycles. The van der Waals surface area contributed by atoms with Crippen molar-refractivity contribution in [3.63, 3.8) is 0 Å². The molecule has 184 valence electrons. The number of fused-ring (bicyclic) bond motifs is 1. The summed E-state index contributed by atoms with van der Waals surface area (Å²) < 4.78 is 33.1. The molecule has 0 aliphatic rings. The van der Waals surface area contributed by atoms with Crippen LogP contribution < -0.4 is 4.74 Å². The van der Waals surface area contributed by atoms with Crippen molar-refractivity contribution in [3.8, 4) is 5.88 Å². The molecule has 10 heteroatoms. The van der Waals surface area contributed by atoms with E-state index in [-0.39, 0.29) is 4.90 Å². The first-order chi connectivity index (χ1) is 17.3. The van der Waals surface area contributed by atoms with Crippen LogP contribution >= 0.6 is 34.5 Å². The molecule has 6 nitrogen and oxygen atoms in total. The van der Waals surface area contributed by atoms with E-state index in [1.165, 1.54) is 10.2 Å². The minimum Gasteiger partial charge on any atom is -0.481 e. The number of benzene rings is 1. The number of aryl methyl sites for hydroxylation is 2. The van der Waals surface area contributed by atoms with Gasteiger partial charge in [0.1, 0.15) is 0 Å². The average molecular weight is 559 g/mol. The maximum absolute atomic E-state index is 13.4. The Kier molecular flexibility index (Phi) is 7.03. The number of aromatic nitrogens is 3. The topological polar surface area (TPSA) is 74.1 Å². The fourth-order valence-corrected chi connectivity index (χ4v) is 6.95. The van der Waals surface area contributed by atoms with Gasteiger partial charge >= 0.3 is 0 Å². The quantitative estimate of drug-likeness (QED) is 0.220. The summed E-state index contributed by atoms with van der Waals surface area (Å²) in [6.45, 7) is 0. The van der Waals surface area contributed by atoms with E-state index in [1.54, 1.807) is 61.0 Å². The fourth-order valence-electron chi connectivity index (χ4n) is 3.97. The normalized spacial score (nSPS) is 11.8. The molecule has 0 radical (unpaired) electrons. The number of pyridine rings is 2. The average Bonchev–Trinajstić information content (AvgIpc) is 3.43. The summed E-state index contributed by atoms with van der Waals surface area (Å²) in [5.74, 6) is 0.586. The molecular formula is C26H21Cl2N3O3S2. The van der Waals surface area contributed by atoms with Crippen molar-refractivity contribution in [2.75, 3.05) is 7.11 Å². The molecule has 0 amide bonds. The van der Waals surface area contributed by atoms with Crippen LogP contribution in [0.5, 0.6) is 5.88 Å². The Bertz CT molecular complexity index is 1630. The number of halogens is 2. The van der Waals surface area contributed by atoms with Crippen molar-refractivity contribution in [2.45, 2.75) is 24.2 Å². The lowest BCUT2D eigenvalue weighted by atomic mass is 10.1. The van der Waals surface area contributed by atoms with E-state index in [0.717, 1.165) is 33.7 Å². The standard InChI is InChI=1S/C26H21Cl2N3O3S2/c1-34-25-10-8-17(14-29-25)7-9-20-13-23(28)24(35-20)11-18-16-31(26-22(18)12-19(27)15-30-26)36(32,33)21-5-3-2-4-6-21/h2-6,8,10,12-16H,7,9,11H2,1H3. The summed E-state index contributed by atoms with van der Waals surface area (Å²) in [5, 5.41) is 1.77. The molecule has 36 heavy (non-hydrogen) atoms. The fraction of sp³-hybridized carbons (Fsp3) is 0.154. The Balaban J connectivity index is 1.44. The SMILES string of the molecule is COc1ccc(CCc2cc(Cl)c(Cc3cn(S(=O)(=O)c4ccccc4)c4ncc(Cl)cc34)s2)cn1. The van der Waals surface area contributed by atoms with Crippen molar-refractivity contribution in [1.82, 2.24) is 13.9 Å². The number of ether oxygens (including phenoxy) is 1. The first-order valence-electron chi connectivity index (χ1n) is 11.1. The molecule has 0 spiro atoms. The van der Waals surface area contributed by atoms with Gasteiger partial charge in [0.25, 0.3) is 10.0 Å². The second-order valence-electron chi connectivity index (χ2n) is 8.16. The zero-order chi connectivity index (χ0) is 25.3. The number of thiophene rings is 1. The predicted octanol–water partition coefficient (Wildman–Crippen LogP) is 6.42. The minimum absolute atomic E-state index is 0.190.